The van der Waals surface area contributed by atoms with Crippen molar-refractivity contribution in [1.82, 2.24) is 14.8 Å². The van der Waals surface area contributed by atoms with Gasteiger partial charge in [-0.3, -0.25) is 9.69 Å². The summed E-state index contributed by atoms with van der Waals surface area (Å²) in [6, 6.07) is 4.18. The lowest BCUT2D eigenvalue weighted by Crippen LogP contribution is -2.35. The third kappa shape index (κ3) is 7.10. The Morgan fingerprint density at radius 1 is 1.27 bits per heavy atom. The second-order valence-electron chi connectivity index (χ2n) is 11.7. The molecule has 0 aliphatic carbocycles. The van der Waals surface area contributed by atoms with Gasteiger partial charge in [0.1, 0.15) is 17.7 Å². The molecule has 3 heterocycles. The Morgan fingerprint density at radius 3 is 2.80 bits per heavy atom. The van der Waals surface area contributed by atoms with E-state index in [0.29, 0.717) is 13.1 Å². The fourth-order valence-corrected chi connectivity index (χ4v) is 6.13. The Labute approximate surface area is 236 Å². The number of likely N-dealkylation sites (tertiary alicyclic amines) is 1. The molecule has 2 N–H and O–H groups in total. The fraction of sp³-hybridized carbons (Fsp3) is 0.613. The molecule has 1 saturated heterocycles. The SMILES string of the molecule is COc1c(F)cc(C(C)C)c(F)c1C(C(=O)O)N1CC[C@@H](CN(C)CCCCCc2ccc3c(n2)NCCC3)C1. The highest BCUT2D eigenvalue weighted by molar-refractivity contribution is 5.77. The number of aliphatic carboxylic acids is 1. The van der Waals surface area contributed by atoms with E-state index in [1.807, 2.05) is 0 Å². The molecule has 0 amide bonds. The maximum atomic E-state index is 15.6. The Kier molecular flexibility index (Phi) is 10.4. The number of carboxylic acids is 1. The summed E-state index contributed by atoms with van der Waals surface area (Å²) in [4.78, 5) is 21.2. The van der Waals surface area contributed by atoms with Crippen LogP contribution in [0.4, 0.5) is 14.6 Å². The molecule has 2 aromatic rings. The molecular weight excluding hydrogens is 514 g/mol. The van der Waals surface area contributed by atoms with Crippen LogP contribution >= 0.6 is 0 Å². The van der Waals surface area contributed by atoms with Crippen LogP contribution in [0.1, 0.15) is 80.3 Å². The first-order chi connectivity index (χ1) is 19.2. The fourth-order valence-electron chi connectivity index (χ4n) is 6.13. The quantitative estimate of drug-likeness (QED) is 0.308. The molecule has 0 spiro atoms. The van der Waals surface area contributed by atoms with Crippen LogP contribution in [0.5, 0.6) is 5.75 Å². The number of aromatic nitrogens is 1. The number of hydrogen-bond donors (Lipinski definition) is 2. The summed E-state index contributed by atoms with van der Waals surface area (Å²) in [7, 11) is 3.34. The number of aryl methyl sites for hydroxylation is 2. The smallest absolute Gasteiger partial charge is 0.325 e. The zero-order valence-electron chi connectivity index (χ0n) is 24.3. The topological polar surface area (TPSA) is 77.9 Å². The Bertz CT molecular complexity index is 1180. The van der Waals surface area contributed by atoms with E-state index in [1.54, 1.807) is 18.7 Å². The van der Waals surface area contributed by atoms with Crippen LogP contribution in [0.25, 0.3) is 0 Å². The van der Waals surface area contributed by atoms with Gasteiger partial charge in [-0.05, 0) is 93.8 Å². The van der Waals surface area contributed by atoms with Gasteiger partial charge < -0.3 is 20.1 Å². The van der Waals surface area contributed by atoms with Crippen molar-refractivity contribution in [2.45, 2.75) is 70.8 Å². The van der Waals surface area contributed by atoms with Crippen molar-refractivity contribution in [3.05, 3.63) is 52.2 Å². The van der Waals surface area contributed by atoms with E-state index in [2.05, 4.69) is 29.4 Å². The number of pyridine rings is 1. The van der Waals surface area contributed by atoms with E-state index in [-0.39, 0.29) is 28.7 Å². The molecular formula is C31H44F2N4O3. The Morgan fingerprint density at radius 2 is 2.08 bits per heavy atom. The minimum absolute atomic E-state index is 0.161. The molecule has 40 heavy (non-hydrogen) atoms. The van der Waals surface area contributed by atoms with Gasteiger partial charge in [-0.25, -0.2) is 13.8 Å². The van der Waals surface area contributed by atoms with Gasteiger partial charge in [0, 0.05) is 25.3 Å². The summed E-state index contributed by atoms with van der Waals surface area (Å²) in [5, 5.41) is 13.5. The second-order valence-corrected chi connectivity index (χ2v) is 11.7. The van der Waals surface area contributed by atoms with Crippen molar-refractivity contribution in [3.63, 3.8) is 0 Å². The van der Waals surface area contributed by atoms with E-state index in [4.69, 9.17) is 9.72 Å². The molecule has 220 valence electrons. The molecule has 1 unspecified atom stereocenters. The van der Waals surface area contributed by atoms with Gasteiger partial charge in [-0.1, -0.05) is 26.3 Å². The van der Waals surface area contributed by atoms with Crippen molar-refractivity contribution in [2.75, 3.05) is 52.2 Å². The number of halogens is 2. The van der Waals surface area contributed by atoms with Crippen LogP contribution < -0.4 is 10.1 Å². The van der Waals surface area contributed by atoms with Crippen LogP contribution in [-0.4, -0.2) is 72.7 Å². The van der Waals surface area contributed by atoms with Crippen molar-refractivity contribution in [2.24, 2.45) is 5.92 Å². The minimum atomic E-state index is -1.30. The predicted octanol–water partition coefficient (Wildman–Crippen LogP) is 5.64. The third-order valence-corrected chi connectivity index (χ3v) is 8.24. The number of carbonyl (C=O) groups is 1. The average molecular weight is 559 g/mol. The van der Waals surface area contributed by atoms with E-state index in [0.717, 1.165) is 75.7 Å². The number of unbranched alkanes of at least 4 members (excludes halogenated alkanes) is 2. The number of carboxylic acid groups (broad SMARTS) is 1. The number of hydrogen-bond acceptors (Lipinski definition) is 6. The van der Waals surface area contributed by atoms with Crippen LogP contribution in [0, 0.1) is 17.6 Å². The highest BCUT2D eigenvalue weighted by Gasteiger charge is 2.39. The molecule has 1 aromatic carbocycles. The van der Waals surface area contributed by atoms with Crippen molar-refractivity contribution >= 4 is 11.8 Å². The lowest BCUT2D eigenvalue weighted by atomic mass is 9.94. The molecule has 1 fully saturated rings. The zero-order valence-corrected chi connectivity index (χ0v) is 24.3. The lowest BCUT2D eigenvalue weighted by Gasteiger charge is -2.28. The summed E-state index contributed by atoms with van der Waals surface area (Å²) in [6.07, 6.45) is 7.35. The molecule has 0 bridgehead atoms. The van der Waals surface area contributed by atoms with Crippen LogP contribution in [0.3, 0.4) is 0 Å². The highest BCUT2D eigenvalue weighted by atomic mass is 19.1. The van der Waals surface area contributed by atoms with Gasteiger partial charge in [0.15, 0.2) is 11.6 Å². The second kappa shape index (κ2) is 13.7. The zero-order chi connectivity index (χ0) is 28.8. The number of anilines is 1. The number of nitrogens with one attached hydrogen (secondary N) is 1. The number of methoxy groups -OCH3 is 1. The van der Waals surface area contributed by atoms with E-state index >= 15 is 4.39 Å². The van der Waals surface area contributed by atoms with Gasteiger partial charge in [0.2, 0.25) is 0 Å². The molecule has 9 heteroatoms. The lowest BCUT2D eigenvalue weighted by molar-refractivity contribution is -0.143. The first-order valence-electron chi connectivity index (χ1n) is 14.6. The number of ether oxygens (including phenoxy) is 1. The summed E-state index contributed by atoms with van der Waals surface area (Å²) in [6.45, 7) is 7.33. The predicted molar refractivity (Wildman–Crippen MR) is 153 cm³/mol. The van der Waals surface area contributed by atoms with Crippen molar-refractivity contribution in [3.8, 4) is 5.75 Å². The maximum absolute atomic E-state index is 15.6. The normalized spacial score (nSPS) is 18.1. The summed E-state index contributed by atoms with van der Waals surface area (Å²) < 4.78 is 35.6. The molecule has 2 atom stereocenters. The maximum Gasteiger partial charge on any atom is 0.325 e. The first-order valence-corrected chi connectivity index (χ1v) is 14.6. The largest absolute Gasteiger partial charge is 0.493 e. The number of fused-ring (bicyclic) bond motifs is 1. The molecule has 0 saturated carbocycles. The average Bonchev–Trinajstić information content (AvgIpc) is 3.37. The molecule has 0 radical (unpaired) electrons. The van der Waals surface area contributed by atoms with Gasteiger partial charge in [-0.15, -0.1) is 0 Å². The van der Waals surface area contributed by atoms with E-state index in [1.165, 1.54) is 19.1 Å². The monoisotopic (exact) mass is 558 g/mol. The van der Waals surface area contributed by atoms with Crippen LogP contribution in [0.15, 0.2) is 18.2 Å². The summed E-state index contributed by atoms with van der Waals surface area (Å²) in [5.74, 6) is -1.93. The number of nitrogens with zero attached hydrogens (tertiary/aromatic N) is 3. The van der Waals surface area contributed by atoms with Gasteiger partial charge >= 0.3 is 5.97 Å². The van der Waals surface area contributed by atoms with E-state index < -0.39 is 23.6 Å². The Hall–Kier alpha value is -2.78. The molecule has 2 aliphatic rings. The van der Waals surface area contributed by atoms with Crippen molar-refractivity contribution in [1.29, 1.82) is 0 Å². The van der Waals surface area contributed by atoms with E-state index in [9.17, 15) is 14.3 Å². The molecule has 7 nitrogen and oxygen atoms in total. The molecule has 4 rings (SSSR count). The van der Waals surface area contributed by atoms with Gasteiger partial charge in [0.05, 0.1) is 12.7 Å². The standard InChI is InChI=1S/C31H44F2N4O3/c1-20(2)24-17-25(32)29(40-4)26(27(24)33)28(31(38)39)37-16-13-21(19-37)18-36(3)15-7-5-6-10-23-12-11-22-9-8-14-34-30(22)35-23/h11-12,17,20-21,28H,5-10,13-16,18-19H2,1-4H3,(H,34,35)(H,38,39)/t21-,28?/m0/s1. The minimum Gasteiger partial charge on any atom is -0.493 e. The van der Waals surface area contributed by atoms with Gasteiger partial charge in [0.25, 0.3) is 0 Å². The van der Waals surface area contributed by atoms with Gasteiger partial charge in [-0.2, -0.15) is 0 Å². The first kappa shape index (κ1) is 30.2. The van der Waals surface area contributed by atoms with Crippen LogP contribution in [-0.2, 0) is 17.6 Å². The number of benzene rings is 1. The van der Waals surface area contributed by atoms with Crippen LogP contribution in [0.2, 0.25) is 0 Å². The summed E-state index contributed by atoms with van der Waals surface area (Å²) >= 11 is 0. The Balaban J connectivity index is 1.28. The summed E-state index contributed by atoms with van der Waals surface area (Å²) in [5.41, 5.74) is 2.41. The highest BCUT2D eigenvalue weighted by Crippen LogP contribution is 2.40. The molecule has 2 aliphatic heterocycles. The number of rotatable bonds is 13. The van der Waals surface area contributed by atoms with Crippen molar-refractivity contribution < 1.29 is 23.4 Å². The third-order valence-electron chi connectivity index (χ3n) is 8.24. The molecule has 1 aromatic heterocycles.